The summed E-state index contributed by atoms with van der Waals surface area (Å²) in [5.41, 5.74) is 2.05. The number of piperidine rings is 1. The van der Waals surface area contributed by atoms with E-state index < -0.39 is 0 Å². The van der Waals surface area contributed by atoms with Crippen molar-refractivity contribution in [1.82, 2.24) is 4.90 Å². The number of rotatable bonds is 2. The van der Waals surface area contributed by atoms with E-state index in [0.29, 0.717) is 12.1 Å². The minimum Gasteiger partial charge on any atom is -0.294 e. The third-order valence-corrected chi connectivity index (χ3v) is 3.86. The Morgan fingerprint density at radius 1 is 1.29 bits per heavy atom. The van der Waals surface area contributed by atoms with Gasteiger partial charge in [0.25, 0.3) is 0 Å². The molecule has 1 aromatic rings. The van der Waals surface area contributed by atoms with Crippen LogP contribution in [-0.2, 0) is 0 Å². The lowest BCUT2D eigenvalue weighted by Crippen LogP contribution is -2.39. The minimum atomic E-state index is 0.463. The molecule has 1 heterocycles. The Hall–Kier alpha value is -1.33. The summed E-state index contributed by atoms with van der Waals surface area (Å²) in [6.45, 7) is 12.8. The molecule has 1 aromatic carbocycles. The first kappa shape index (κ1) is 12.1. The highest BCUT2D eigenvalue weighted by Crippen LogP contribution is 2.28. The second kappa shape index (κ2) is 5.33. The molecule has 0 radical (unpaired) electrons. The largest absolute Gasteiger partial charge is 0.294 e. The van der Waals surface area contributed by atoms with Gasteiger partial charge in [-0.15, -0.1) is 0 Å². The van der Waals surface area contributed by atoms with Gasteiger partial charge >= 0.3 is 0 Å². The van der Waals surface area contributed by atoms with Crippen molar-refractivity contribution in [2.75, 3.05) is 6.54 Å². The zero-order valence-electron chi connectivity index (χ0n) is 10.7. The third kappa shape index (κ3) is 2.68. The van der Waals surface area contributed by atoms with E-state index in [1.807, 2.05) is 12.1 Å². The quantitative estimate of drug-likeness (QED) is 0.689. The highest BCUT2D eigenvalue weighted by molar-refractivity contribution is 5.45. The molecule has 2 nitrogen and oxygen atoms in total. The van der Waals surface area contributed by atoms with Crippen molar-refractivity contribution in [3.8, 4) is 0 Å². The molecule has 2 atom stereocenters. The number of benzene rings is 1. The van der Waals surface area contributed by atoms with Crippen LogP contribution in [0.3, 0.4) is 0 Å². The second-order valence-electron chi connectivity index (χ2n) is 4.96. The Kier molecular flexibility index (Phi) is 3.81. The number of likely N-dealkylation sites (tertiary alicyclic amines) is 1. The Labute approximate surface area is 104 Å². The summed E-state index contributed by atoms with van der Waals surface area (Å²) in [6, 6.07) is 9.18. The van der Waals surface area contributed by atoms with Gasteiger partial charge in [-0.3, -0.25) is 4.90 Å². The average molecular weight is 228 g/mol. The summed E-state index contributed by atoms with van der Waals surface area (Å²) in [4.78, 5) is 6.01. The standard InChI is InChI=1S/C15H20N2/c1-12-6-4-5-11-17(12)13(2)14-7-9-15(16-3)10-8-14/h7-10,12-13H,4-6,11H2,1-2H3/t12-,13-/m0/s1. The molecule has 0 spiro atoms. The molecular formula is C15H20N2. The summed E-state index contributed by atoms with van der Waals surface area (Å²) in [6.07, 6.45) is 3.99. The van der Waals surface area contributed by atoms with Crippen LogP contribution in [0, 0.1) is 6.57 Å². The predicted octanol–water partition coefficient (Wildman–Crippen LogP) is 4.17. The van der Waals surface area contributed by atoms with Crippen molar-refractivity contribution >= 4 is 5.69 Å². The van der Waals surface area contributed by atoms with Gasteiger partial charge < -0.3 is 0 Å². The van der Waals surface area contributed by atoms with E-state index in [4.69, 9.17) is 6.57 Å². The van der Waals surface area contributed by atoms with Gasteiger partial charge in [-0.2, -0.15) is 0 Å². The molecule has 2 heteroatoms. The van der Waals surface area contributed by atoms with Crippen LogP contribution in [0.4, 0.5) is 5.69 Å². The first-order valence-corrected chi connectivity index (χ1v) is 6.45. The van der Waals surface area contributed by atoms with Crippen LogP contribution < -0.4 is 0 Å². The molecular weight excluding hydrogens is 208 g/mol. The molecule has 17 heavy (non-hydrogen) atoms. The molecule has 0 aliphatic carbocycles. The van der Waals surface area contributed by atoms with E-state index >= 15 is 0 Å². The van der Waals surface area contributed by atoms with Crippen LogP contribution >= 0.6 is 0 Å². The van der Waals surface area contributed by atoms with Gasteiger partial charge in [0, 0.05) is 12.1 Å². The van der Waals surface area contributed by atoms with Crippen LogP contribution in [0.2, 0.25) is 0 Å². The van der Waals surface area contributed by atoms with E-state index in [1.165, 1.54) is 31.4 Å². The number of hydrogen-bond donors (Lipinski definition) is 0. The molecule has 0 N–H and O–H groups in total. The minimum absolute atomic E-state index is 0.463. The first-order chi connectivity index (χ1) is 8.22. The van der Waals surface area contributed by atoms with E-state index in [2.05, 4.69) is 35.7 Å². The molecule has 0 saturated carbocycles. The molecule has 1 saturated heterocycles. The number of nitrogens with zero attached hydrogens (tertiary/aromatic N) is 2. The predicted molar refractivity (Wildman–Crippen MR) is 71.1 cm³/mol. The molecule has 1 fully saturated rings. The van der Waals surface area contributed by atoms with Crippen LogP contribution in [-0.4, -0.2) is 17.5 Å². The van der Waals surface area contributed by atoms with Gasteiger partial charge in [0.05, 0.1) is 6.57 Å². The molecule has 0 unspecified atom stereocenters. The zero-order chi connectivity index (χ0) is 12.3. The maximum absolute atomic E-state index is 6.96. The lowest BCUT2D eigenvalue weighted by Gasteiger charge is -2.38. The highest BCUT2D eigenvalue weighted by atomic mass is 15.2. The van der Waals surface area contributed by atoms with Crippen LogP contribution in [0.5, 0.6) is 0 Å². The van der Waals surface area contributed by atoms with E-state index in [9.17, 15) is 0 Å². The highest BCUT2D eigenvalue weighted by Gasteiger charge is 2.23. The monoisotopic (exact) mass is 228 g/mol. The van der Waals surface area contributed by atoms with Gasteiger partial charge in [-0.25, -0.2) is 4.85 Å². The van der Waals surface area contributed by atoms with Gasteiger partial charge in [-0.1, -0.05) is 30.7 Å². The summed E-state index contributed by atoms with van der Waals surface area (Å²) in [5, 5.41) is 0. The van der Waals surface area contributed by atoms with Gasteiger partial charge in [0.1, 0.15) is 0 Å². The fourth-order valence-corrected chi connectivity index (χ4v) is 2.71. The second-order valence-corrected chi connectivity index (χ2v) is 4.96. The summed E-state index contributed by atoms with van der Waals surface area (Å²) in [7, 11) is 0. The van der Waals surface area contributed by atoms with Crippen LogP contribution in [0.25, 0.3) is 4.85 Å². The number of hydrogen-bond acceptors (Lipinski definition) is 1. The molecule has 2 rings (SSSR count). The lowest BCUT2D eigenvalue weighted by atomic mass is 9.98. The van der Waals surface area contributed by atoms with Crippen molar-refractivity contribution < 1.29 is 0 Å². The van der Waals surface area contributed by atoms with E-state index in [1.54, 1.807) is 0 Å². The Morgan fingerprint density at radius 2 is 2.00 bits per heavy atom. The SMILES string of the molecule is [C-]#[N+]c1ccc([C@H](C)N2CCCC[C@@H]2C)cc1. The molecule has 1 aliphatic heterocycles. The molecule has 1 aliphatic rings. The lowest BCUT2D eigenvalue weighted by molar-refractivity contribution is 0.114. The van der Waals surface area contributed by atoms with Gasteiger partial charge in [0.15, 0.2) is 5.69 Å². The summed E-state index contributed by atoms with van der Waals surface area (Å²) in [5.74, 6) is 0. The van der Waals surface area contributed by atoms with Crippen LogP contribution in [0.15, 0.2) is 24.3 Å². The van der Waals surface area contributed by atoms with Crippen LogP contribution in [0.1, 0.15) is 44.7 Å². The van der Waals surface area contributed by atoms with E-state index in [0.717, 1.165) is 5.69 Å². The zero-order valence-corrected chi connectivity index (χ0v) is 10.7. The maximum Gasteiger partial charge on any atom is 0.187 e. The fourth-order valence-electron chi connectivity index (χ4n) is 2.71. The van der Waals surface area contributed by atoms with Crippen molar-refractivity contribution in [1.29, 1.82) is 0 Å². The van der Waals surface area contributed by atoms with Gasteiger partial charge in [0.2, 0.25) is 0 Å². The van der Waals surface area contributed by atoms with Gasteiger partial charge in [-0.05, 0) is 38.8 Å². The van der Waals surface area contributed by atoms with Crippen molar-refractivity contribution in [3.63, 3.8) is 0 Å². The van der Waals surface area contributed by atoms with E-state index in [-0.39, 0.29) is 0 Å². The fraction of sp³-hybridized carbons (Fsp3) is 0.533. The Bertz CT molecular complexity index is 402. The normalized spacial score (nSPS) is 23.0. The topological polar surface area (TPSA) is 7.60 Å². The summed E-state index contributed by atoms with van der Waals surface area (Å²) < 4.78 is 0. The third-order valence-electron chi connectivity index (χ3n) is 3.86. The van der Waals surface area contributed by atoms with Crippen molar-refractivity contribution in [2.45, 2.75) is 45.2 Å². The maximum atomic E-state index is 6.96. The molecule has 90 valence electrons. The molecule has 0 aromatic heterocycles. The smallest absolute Gasteiger partial charge is 0.187 e. The average Bonchev–Trinajstić information content (AvgIpc) is 2.39. The summed E-state index contributed by atoms with van der Waals surface area (Å²) >= 11 is 0. The molecule has 0 amide bonds. The Morgan fingerprint density at radius 3 is 2.59 bits per heavy atom. The van der Waals surface area contributed by atoms with Crippen molar-refractivity contribution in [3.05, 3.63) is 41.2 Å². The Balaban J connectivity index is 2.12. The molecule has 0 bridgehead atoms. The first-order valence-electron chi connectivity index (χ1n) is 6.45. The van der Waals surface area contributed by atoms with Crippen molar-refractivity contribution in [2.24, 2.45) is 0 Å².